The monoisotopic (exact) mass is 394 g/mol. The van der Waals surface area contributed by atoms with Gasteiger partial charge < -0.3 is 16.2 Å². The van der Waals surface area contributed by atoms with Crippen molar-refractivity contribution in [3.63, 3.8) is 0 Å². The average Bonchev–Trinajstić information content (AvgIpc) is 2.76. The van der Waals surface area contributed by atoms with Crippen molar-refractivity contribution in [1.29, 1.82) is 0 Å². The van der Waals surface area contributed by atoms with E-state index in [9.17, 15) is 5.11 Å². The van der Waals surface area contributed by atoms with Gasteiger partial charge in [-0.15, -0.1) is 0 Å². The molecular weight excluding hydrogens is 356 g/mol. The fourth-order valence-electron chi connectivity index (χ4n) is 4.53. The number of hydrogen-bond acceptors (Lipinski definition) is 3. The smallest absolute Gasteiger partial charge is 0.0693 e. The van der Waals surface area contributed by atoms with Crippen LogP contribution in [0.25, 0.3) is 0 Å². The maximum Gasteiger partial charge on any atom is 0.0693 e. The van der Waals surface area contributed by atoms with Gasteiger partial charge in [0.15, 0.2) is 0 Å². The second-order valence-electron chi connectivity index (χ2n) is 8.57. The second-order valence-corrected chi connectivity index (χ2v) is 8.57. The largest absolute Gasteiger partial charge is 0.392 e. The molecule has 1 fully saturated rings. The zero-order valence-electron chi connectivity index (χ0n) is 17.7. The maximum atomic E-state index is 11.0. The van der Waals surface area contributed by atoms with Crippen LogP contribution in [0.2, 0.25) is 0 Å². The average molecular weight is 395 g/mol. The molecule has 0 spiro atoms. The number of benzene rings is 2. The molecule has 2 aromatic rings. The lowest BCUT2D eigenvalue weighted by molar-refractivity contribution is 0.0999. The SMILES string of the molecule is N[C@@H](c1ccccc1)[C@@H](NC1CCCCCCCCCCC1O)c1ccccc1. The Bertz CT molecular complexity index is 676. The van der Waals surface area contributed by atoms with E-state index in [-0.39, 0.29) is 24.2 Å². The Morgan fingerprint density at radius 3 is 1.76 bits per heavy atom. The van der Waals surface area contributed by atoms with Crippen molar-refractivity contribution >= 4 is 0 Å². The summed E-state index contributed by atoms with van der Waals surface area (Å²) in [5, 5.41) is 14.8. The molecule has 3 nitrogen and oxygen atoms in total. The van der Waals surface area contributed by atoms with Crippen LogP contribution in [0, 0.1) is 0 Å². The van der Waals surface area contributed by atoms with E-state index in [0.29, 0.717) is 0 Å². The van der Waals surface area contributed by atoms with Crippen LogP contribution in [0.4, 0.5) is 0 Å². The van der Waals surface area contributed by atoms with Gasteiger partial charge in [0.1, 0.15) is 0 Å². The first-order chi connectivity index (χ1) is 14.3. The summed E-state index contributed by atoms with van der Waals surface area (Å²) in [5.41, 5.74) is 9.07. The van der Waals surface area contributed by atoms with Gasteiger partial charge in [-0.1, -0.05) is 112 Å². The number of aliphatic hydroxyl groups is 1. The number of rotatable bonds is 5. The van der Waals surface area contributed by atoms with Gasteiger partial charge in [-0.3, -0.25) is 0 Å². The minimum Gasteiger partial charge on any atom is -0.392 e. The molecule has 4 atom stereocenters. The van der Waals surface area contributed by atoms with E-state index < -0.39 is 0 Å². The summed E-state index contributed by atoms with van der Waals surface area (Å²) >= 11 is 0. The molecule has 3 heteroatoms. The van der Waals surface area contributed by atoms with Crippen LogP contribution in [0.1, 0.15) is 87.4 Å². The van der Waals surface area contributed by atoms with Gasteiger partial charge in [-0.25, -0.2) is 0 Å². The quantitative estimate of drug-likeness (QED) is 0.613. The topological polar surface area (TPSA) is 58.3 Å². The fourth-order valence-corrected chi connectivity index (χ4v) is 4.53. The molecule has 1 aliphatic rings. The van der Waals surface area contributed by atoms with E-state index in [1.807, 2.05) is 24.3 Å². The number of aliphatic hydroxyl groups excluding tert-OH is 1. The minimum absolute atomic E-state index is 0.0221. The Kier molecular flexibility index (Phi) is 9.20. The van der Waals surface area contributed by atoms with Crippen molar-refractivity contribution in [2.45, 2.75) is 88.4 Å². The Balaban J connectivity index is 1.78. The Labute approximate surface area is 176 Å². The van der Waals surface area contributed by atoms with Gasteiger partial charge in [0.25, 0.3) is 0 Å². The second kappa shape index (κ2) is 12.1. The van der Waals surface area contributed by atoms with Crippen LogP contribution >= 0.6 is 0 Å². The molecule has 0 aliphatic heterocycles. The highest BCUT2D eigenvalue weighted by molar-refractivity contribution is 5.27. The van der Waals surface area contributed by atoms with Gasteiger partial charge in [0.2, 0.25) is 0 Å². The lowest BCUT2D eigenvalue weighted by atomic mass is 9.90. The van der Waals surface area contributed by atoms with Gasteiger partial charge in [-0.05, 0) is 24.0 Å². The van der Waals surface area contributed by atoms with Crippen molar-refractivity contribution in [2.24, 2.45) is 5.73 Å². The predicted octanol–water partition coefficient (Wildman–Crippen LogP) is 5.66. The van der Waals surface area contributed by atoms with Gasteiger partial charge in [-0.2, -0.15) is 0 Å². The molecule has 0 heterocycles. The first-order valence-electron chi connectivity index (χ1n) is 11.6. The van der Waals surface area contributed by atoms with Crippen molar-refractivity contribution in [1.82, 2.24) is 5.32 Å². The molecule has 0 saturated heterocycles. The summed E-state index contributed by atoms with van der Waals surface area (Å²) in [6.45, 7) is 0. The molecule has 0 bridgehead atoms. The number of nitrogens with one attached hydrogen (secondary N) is 1. The van der Waals surface area contributed by atoms with Gasteiger partial charge in [0, 0.05) is 12.1 Å². The standard InChI is InChI=1S/C26H38N2O/c27-25(21-15-9-7-10-16-21)26(22-17-11-8-12-18-22)28-23-19-13-5-3-1-2-4-6-14-20-24(23)29/h7-12,15-18,23-26,28-29H,1-6,13-14,19-20,27H2/t23?,24?,25-,26-/m0/s1. The van der Waals surface area contributed by atoms with Crippen molar-refractivity contribution in [3.8, 4) is 0 Å². The van der Waals surface area contributed by atoms with Gasteiger partial charge >= 0.3 is 0 Å². The van der Waals surface area contributed by atoms with Crippen LogP contribution in [0.3, 0.4) is 0 Å². The van der Waals surface area contributed by atoms with E-state index in [1.165, 1.54) is 44.1 Å². The number of hydrogen-bond donors (Lipinski definition) is 3. The summed E-state index contributed by atoms with van der Waals surface area (Å²) < 4.78 is 0. The lowest BCUT2D eigenvalue weighted by Gasteiger charge is -2.33. The molecule has 0 radical (unpaired) electrons. The zero-order chi connectivity index (χ0) is 20.3. The third-order valence-corrected chi connectivity index (χ3v) is 6.33. The van der Waals surface area contributed by atoms with Crippen molar-refractivity contribution in [3.05, 3.63) is 71.8 Å². The minimum atomic E-state index is -0.316. The summed E-state index contributed by atoms with van der Waals surface area (Å²) in [5.74, 6) is 0. The van der Waals surface area contributed by atoms with Crippen molar-refractivity contribution < 1.29 is 5.11 Å². The van der Waals surface area contributed by atoms with Crippen LogP contribution in [-0.4, -0.2) is 17.3 Å². The molecule has 1 aliphatic carbocycles. The molecule has 1 saturated carbocycles. The third kappa shape index (κ3) is 6.95. The third-order valence-electron chi connectivity index (χ3n) is 6.33. The van der Waals surface area contributed by atoms with E-state index in [2.05, 4.69) is 41.7 Å². The summed E-state index contributed by atoms with van der Waals surface area (Å²) in [6, 6.07) is 20.7. The molecule has 29 heavy (non-hydrogen) atoms. The fraction of sp³-hybridized carbons (Fsp3) is 0.538. The van der Waals surface area contributed by atoms with Crippen LogP contribution in [-0.2, 0) is 0 Å². The Morgan fingerprint density at radius 2 is 1.17 bits per heavy atom. The lowest BCUT2D eigenvalue weighted by Crippen LogP contribution is -2.45. The Morgan fingerprint density at radius 1 is 0.690 bits per heavy atom. The van der Waals surface area contributed by atoms with Crippen LogP contribution in [0.15, 0.2) is 60.7 Å². The highest BCUT2D eigenvalue weighted by atomic mass is 16.3. The van der Waals surface area contributed by atoms with Crippen LogP contribution < -0.4 is 11.1 Å². The molecule has 0 aromatic heterocycles. The van der Waals surface area contributed by atoms with E-state index in [0.717, 1.165) is 31.2 Å². The zero-order valence-corrected chi connectivity index (χ0v) is 17.7. The summed E-state index contributed by atoms with van der Waals surface area (Å²) in [4.78, 5) is 0. The van der Waals surface area contributed by atoms with E-state index in [4.69, 9.17) is 5.73 Å². The molecule has 0 amide bonds. The Hall–Kier alpha value is -1.68. The summed E-state index contributed by atoms with van der Waals surface area (Å²) in [7, 11) is 0. The first-order valence-corrected chi connectivity index (χ1v) is 11.6. The van der Waals surface area contributed by atoms with E-state index >= 15 is 0 Å². The molecule has 2 aromatic carbocycles. The number of nitrogens with two attached hydrogens (primary N) is 1. The molecular formula is C26H38N2O. The molecule has 2 unspecified atom stereocenters. The highest BCUT2D eigenvalue weighted by Crippen LogP contribution is 2.29. The molecule has 158 valence electrons. The maximum absolute atomic E-state index is 11.0. The highest BCUT2D eigenvalue weighted by Gasteiger charge is 2.27. The summed E-state index contributed by atoms with van der Waals surface area (Å²) in [6.07, 6.45) is 11.6. The predicted molar refractivity (Wildman–Crippen MR) is 122 cm³/mol. The van der Waals surface area contributed by atoms with Crippen LogP contribution in [0.5, 0.6) is 0 Å². The first kappa shape index (κ1) is 22.0. The molecule has 3 rings (SSSR count). The molecule has 4 N–H and O–H groups in total. The van der Waals surface area contributed by atoms with Gasteiger partial charge in [0.05, 0.1) is 12.1 Å². The normalized spacial score (nSPS) is 24.1. The van der Waals surface area contributed by atoms with Crippen molar-refractivity contribution in [2.75, 3.05) is 0 Å². The van der Waals surface area contributed by atoms with E-state index in [1.54, 1.807) is 0 Å².